The van der Waals surface area contributed by atoms with Gasteiger partial charge in [0.1, 0.15) is 0 Å². The third-order valence-electron chi connectivity index (χ3n) is 2.23. The summed E-state index contributed by atoms with van der Waals surface area (Å²) in [6.45, 7) is 2.07. The van der Waals surface area contributed by atoms with Crippen LogP contribution in [-0.4, -0.2) is 0 Å². The van der Waals surface area contributed by atoms with E-state index in [-0.39, 0.29) is 0 Å². The van der Waals surface area contributed by atoms with Gasteiger partial charge in [-0.15, -0.1) is 22.9 Å². The maximum absolute atomic E-state index is 6.09. The molecule has 0 aliphatic rings. The summed E-state index contributed by atoms with van der Waals surface area (Å²) < 4.78 is 1.23. The second-order valence-corrected chi connectivity index (χ2v) is 4.55. The summed E-state index contributed by atoms with van der Waals surface area (Å²) in [4.78, 5) is 0. The van der Waals surface area contributed by atoms with Gasteiger partial charge in [-0.25, -0.2) is 0 Å². The molecule has 2 aromatic rings. The number of rotatable bonds is 1. The zero-order valence-electron chi connectivity index (χ0n) is 7.10. The molecule has 0 atom stereocenters. The highest BCUT2D eigenvalue weighted by Gasteiger charge is 2.08. The van der Waals surface area contributed by atoms with Crippen molar-refractivity contribution in [2.75, 3.05) is 0 Å². The summed E-state index contributed by atoms with van der Waals surface area (Å²) in [6, 6.07) is 4.11. The van der Waals surface area contributed by atoms with Crippen LogP contribution in [0, 0.1) is 6.92 Å². The number of hydrogen-bond acceptors (Lipinski definition) is 1. The Labute approximate surface area is 91.1 Å². The molecule has 0 saturated carbocycles. The number of thiophene rings is 1. The summed E-state index contributed by atoms with van der Waals surface area (Å²) in [6.07, 6.45) is 0. The molecule has 1 aromatic heterocycles. The quantitative estimate of drug-likeness (QED) is 0.629. The van der Waals surface area contributed by atoms with Gasteiger partial charge in [-0.3, -0.25) is 0 Å². The van der Waals surface area contributed by atoms with Crippen molar-refractivity contribution < 1.29 is 0 Å². The zero-order valence-corrected chi connectivity index (χ0v) is 9.43. The van der Waals surface area contributed by atoms with Crippen molar-refractivity contribution in [2.24, 2.45) is 0 Å². The topological polar surface area (TPSA) is 0 Å². The molecule has 0 bridgehead atoms. The molecule has 2 rings (SSSR count). The zero-order chi connectivity index (χ0) is 9.42. The normalized spacial score (nSPS) is 11.0. The van der Waals surface area contributed by atoms with Crippen LogP contribution in [-0.2, 0) is 5.88 Å². The van der Waals surface area contributed by atoms with E-state index >= 15 is 0 Å². The van der Waals surface area contributed by atoms with Crippen LogP contribution in [0.4, 0.5) is 0 Å². The molecule has 3 heteroatoms. The number of benzene rings is 1. The van der Waals surface area contributed by atoms with Crippen LogP contribution >= 0.6 is 34.5 Å². The van der Waals surface area contributed by atoms with Crippen LogP contribution in [0.25, 0.3) is 10.1 Å². The highest BCUT2D eigenvalue weighted by molar-refractivity contribution is 7.17. The standard InChI is InChI=1S/C10H8Cl2S/c1-6-7-2-3-13-10(7)4-9(12)8(6)5-11/h2-4H,5H2,1H3. The summed E-state index contributed by atoms with van der Waals surface area (Å²) in [5.41, 5.74) is 2.26. The van der Waals surface area contributed by atoms with Crippen molar-refractivity contribution in [2.45, 2.75) is 12.8 Å². The average Bonchev–Trinajstić information content (AvgIpc) is 2.53. The Morgan fingerprint density at radius 1 is 1.46 bits per heavy atom. The summed E-state index contributed by atoms with van der Waals surface area (Å²) in [5.74, 6) is 0.483. The van der Waals surface area contributed by atoms with E-state index in [1.807, 2.05) is 6.07 Å². The van der Waals surface area contributed by atoms with Gasteiger partial charge in [0.15, 0.2) is 0 Å². The van der Waals surface area contributed by atoms with E-state index in [4.69, 9.17) is 23.2 Å². The Balaban J connectivity index is 2.85. The van der Waals surface area contributed by atoms with Gasteiger partial charge in [-0.05, 0) is 40.9 Å². The number of fused-ring (bicyclic) bond motifs is 1. The summed E-state index contributed by atoms with van der Waals surface area (Å²) in [5, 5.41) is 4.12. The first-order valence-corrected chi connectivity index (χ1v) is 5.74. The van der Waals surface area contributed by atoms with Gasteiger partial charge in [-0.2, -0.15) is 0 Å². The van der Waals surface area contributed by atoms with Gasteiger partial charge < -0.3 is 0 Å². The van der Waals surface area contributed by atoms with Gasteiger partial charge >= 0.3 is 0 Å². The molecule has 0 aliphatic heterocycles. The van der Waals surface area contributed by atoms with Crippen molar-refractivity contribution in [3.63, 3.8) is 0 Å². The first-order chi connectivity index (χ1) is 6.24. The molecule has 68 valence electrons. The predicted molar refractivity (Wildman–Crippen MR) is 61.1 cm³/mol. The second kappa shape index (κ2) is 3.49. The highest BCUT2D eigenvalue weighted by Crippen LogP contribution is 2.32. The lowest BCUT2D eigenvalue weighted by molar-refractivity contribution is 1.34. The van der Waals surface area contributed by atoms with Crippen molar-refractivity contribution in [1.82, 2.24) is 0 Å². The Morgan fingerprint density at radius 2 is 2.23 bits per heavy atom. The molecule has 0 unspecified atom stereocenters. The molecule has 0 aliphatic carbocycles. The molecular formula is C10H8Cl2S. The summed E-state index contributed by atoms with van der Waals surface area (Å²) >= 11 is 13.6. The molecule has 0 fully saturated rings. The molecule has 13 heavy (non-hydrogen) atoms. The van der Waals surface area contributed by atoms with E-state index in [0.717, 1.165) is 10.6 Å². The first-order valence-electron chi connectivity index (χ1n) is 3.95. The van der Waals surface area contributed by atoms with Crippen LogP contribution in [0.2, 0.25) is 5.02 Å². The predicted octanol–water partition coefficient (Wildman–Crippen LogP) is 4.60. The lowest BCUT2D eigenvalue weighted by atomic mass is 10.1. The van der Waals surface area contributed by atoms with Gasteiger partial charge in [-0.1, -0.05) is 11.6 Å². The number of alkyl halides is 1. The third-order valence-corrected chi connectivity index (χ3v) is 3.70. The largest absolute Gasteiger partial charge is 0.144 e. The van der Waals surface area contributed by atoms with Gasteiger partial charge in [0.2, 0.25) is 0 Å². The lowest BCUT2D eigenvalue weighted by Crippen LogP contribution is -1.86. The SMILES string of the molecule is Cc1c(CCl)c(Cl)cc2sccc12. The molecule has 0 spiro atoms. The minimum absolute atomic E-state index is 0.483. The van der Waals surface area contributed by atoms with Crippen LogP contribution in [0.3, 0.4) is 0 Å². The van der Waals surface area contributed by atoms with Gasteiger partial charge in [0, 0.05) is 15.6 Å². The monoisotopic (exact) mass is 230 g/mol. The molecule has 0 saturated heterocycles. The van der Waals surface area contributed by atoms with Gasteiger partial charge in [0.25, 0.3) is 0 Å². The van der Waals surface area contributed by atoms with E-state index < -0.39 is 0 Å². The molecule has 0 nitrogen and oxygen atoms in total. The van der Waals surface area contributed by atoms with E-state index in [9.17, 15) is 0 Å². The third kappa shape index (κ3) is 1.45. The van der Waals surface area contributed by atoms with E-state index in [2.05, 4.69) is 18.4 Å². The maximum atomic E-state index is 6.09. The van der Waals surface area contributed by atoms with Crippen LogP contribution in [0.5, 0.6) is 0 Å². The molecule has 1 aromatic carbocycles. The molecular weight excluding hydrogens is 223 g/mol. The fraction of sp³-hybridized carbons (Fsp3) is 0.200. The number of aryl methyl sites for hydroxylation is 1. The first kappa shape index (κ1) is 9.32. The smallest absolute Gasteiger partial charge is 0.0491 e. The Morgan fingerprint density at radius 3 is 2.92 bits per heavy atom. The van der Waals surface area contributed by atoms with Crippen molar-refractivity contribution >= 4 is 44.6 Å². The summed E-state index contributed by atoms with van der Waals surface area (Å²) in [7, 11) is 0. The lowest BCUT2D eigenvalue weighted by Gasteiger charge is -2.05. The van der Waals surface area contributed by atoms with Crippen LogP contribution < -0.4 is 0 Å². The minimum Gasteiger partial charge on any atom is -0.144 e. The minimum atomic E-state index is 0.483. The second-order valence-electron chi connectivity index (χ2n) is 2.93. The van der Waals surface area contributed by atoms with E-state index in [1.165, 1.54) is 15.6 Å². The fourth-order valence-corrected chi connectivity index (χ4v) is 3.13. The fourth-order valence-electron chi connectivity index (χ4n) is 1.45. The van der Waals surface area contributed by atoms with Gasteiger partial charge in [0.05, 0.1) is 0 Å². The number of halogens is 2. The van der Waals surface area contributed by atoms with E-state index in [0.29, 0.717) is 5.88 Å². The number of hydrogen-bond donors (Lipinski definition) is 0. The van der Waals surface area contributed by atoms with Crippen LogP contribution in [0.1, 0.15) is 11.1 Å². The average molecular weight is 231 g/mol. The van der Waals surface area contributed by atoms with Crippen molar-refractivity contribution in [3.8, 4) is 0 Å². The Hall–Kier alpha value is -0.240. The van der Waals surface area contributed by atoms with Crippen molar-refractivity contribution in [3.05, 3.63) is 33.7 Å². The van der Waals surface area contributed by atoms with Crippen molar-refractivity contribution in [1.29, 1.82) is 0 Å². The molecule has 0 radical (unpaired) electrons. The maximum Gasteiger partial charge on any atom is 0.0491 e. The molecule has 1 heterocycles. The Kier molecular flexibility index (Phi) is 2.50. The van der Waals surface area contributed by atoms with E-state index in [1.54, 1.807) is 11.3 Å². The highest BCUT2D eigenvalue weighted by atomic mass is 35.5. The molecule has 0 N–H and O–H groups in total. The molecule has 0 amide bonds. The Bertz CT molecular complexity index is 445. The van der Waals surface area contributed by atoms with Crippen LogP contribution in [0.15, 0.2) is 17.5 Å².